The number of aliphatic carboxylic acids is 1. The number of benzene rings is 1. The number of halogens is 1. The lowest BCUT2D eigenvalue weighted by atomic mass is 9.90. The first-order valence-electron chi connectivity index (χ1n) is 10.6. The van der Waals surface area contributed by atoms with Crippen LogP contribution in [0.15, 0.2) is 30.3 Å². The fourth-order valence-corrected chi connectivity index (χ4v) is 3.61. The van der Waals surface area contributed by atoms with Gasteiger partial charge in [-0.05, 0) is 29.2 Å². The number of carboxylic acid groups (broad SMARTS) is 1. The average molecular weight is 459 g/mol. The Morgan fingerprint density at radius 1 is 1.21 bits per heavy atom. The second-order valence-electron chi connectivity index (χ2n) is 8.32. The summed E-state index contributed by atoms with van der Waals surface area (Å²) in [5.41, 5.74) is 3.91. The van der Waals surface area contributed by atoms with Crippen molar-refractivity contribution in [2.45, 2.75) is 45.3 Å². The summed E-state index contributed by atoms with van der Waals surface area (Å²) >= 11 is 0. The van der Waals surface area contributed by atoms with E-state index >= 15 is 0 Å². The predicted octanol–water partition coefficient (Wildman–Crippen LogP) is 4.03. The highest BCUT2D eigenvalue weighted by molar-refractivity contribution is 5.95. The van der Waals surface area contributed by atoms with Crippen molar-refractivity contribution in [2.75, 3.05) is 26.1 Å². The van der Waals surface area contributed by atoms with E-state index in [0.29, 0.717) is 11.4 Å². The highest BCUT2D eigenvalue weighted by Crippen LogP contribution is 2.38. The molecular formula is C25H31FN2O5. The number of ether oxygens (including phenoxy) is 1. The van der Waals surface area contributed by atoms with Crippen molar-refractivity contribution in [2.24, 2.45) is 0 Å². The van der Waals surface area contributed by atoms with E-state index in [1.165, 1.54) is 18.2 Å². The van der Waals surface area contributed by atoms with Gasteiger partial charge in [0.05, 0.1) is 18.4 Å². The third kappa shape index (κ3) is 6.94. The summed E-state index contributed by atoms with van der Waals surface area (Å²) < 4.78 is 19.1. The second kappa shape index (κ2) is 11.7. The molecule has 0 aliphatic heterocycles. The molecule has 0 spiro atoms. The van der Waals surface area contributed by atoms with Gasteiger partial charge in [-0.3, -0.25) is 9.59 Å². The van der Waals surface area contributed by atoms with Gasteiger partial charge in [0, 0.05) is 38.8 Å². The molecule has 2 rings (SSSR count). The molecule has 0 bridgehead atoms. The van der Waals surface area contributed by atoms with Crippen LogP contribution in [0.1, 0.15) is 49.4 Å². The summed E-state index contributed by atoms with van der Waals surface area (Å²) in [5.74, 6) is -1.44. The number of carboxylic acids is 1. The second-order valence-corrected chi connectivity index (χ2v) is 8.32. The number of Topliss-reactive ketones (excluding diaryl/α,β-unsaturated/α-hetero) is 1. The predicted molar refractivity (Wildman–Crippen MR) is 126 cm³/mol. The minimum absolute atomic E-state index is 0.0882. The van der Waals surface area contributed by atoms with E-state index in [9.17, 15) is 19.1 Å². The number of methoxy groups -OCH3 is 1. The van der Waals surface area contributed by atoms with Gasteiger partial charge < -0.3 is 19.8 Å². The van der Waals surface area contributed by atoms with Crippen molar-refractivity contribution in [3.63, 3.8) is 0 Å². The van der Waals surface area contributed by atoms with Crippen LogP contribution in [-0.4, -0.2) is 54.3 Å². The van der Waals surface area contributed by atoms with Crippen molar-refractivity contribution in [3.05, 3.63) is 53.0 Å². The van der Waals surface area contributed by atoms with Crippen LogP contribution in [0, 0.1) is 5.82 Å². The van der Waals surface area contributed by atoms with Gasteiger partial charge >= 0.3 is 5.97 Å². The Morgan fingerprint density at radius 2 is 1.85 bits per heavy atom. The Kier molecular flexibility index (Phi) is 9.25. The molecule has 2 N–H and O–H groups in total. The zero-order chi connectivity index (χ0) is 24.7. The number of aromatic nitrogens is 1. The summed E-state index contributed by atoms with van der Waals surface area (Å²) in [6.45, 7) is 4.34. The third-order valence-electron chi connectivity index (χ3n) is 5.01. The third-order valence-corrected chi connectivity index (χ3v) is 5.01. The van der Waals surface area contributed by atoms with Crippen LogP contribution in [0.5, 0.6) is 0 Å². The average Bonchev–Trinajstić information content (AvgIpc) is 2.72. The minimum Gasteiger partial charge on any atom is -0.481 e. The topological polar surface area (TPSA) is 100.0 Å². The summed E-state index contributed by atoms with van der Waals surface area (Å²) in [7, 11) is 5.29. The largest absolute Gasteiger partial charge is 0.481 e. The molecule has 0 amide bonds. The van der Waals surface area contributed by atoms with Gasteiger partial charge in [0.15, 0.2) is 0 Å². The van der Waals surface area contributed by atoms with Crippen LogP contribution in [-0.2, 0) is 20.9 Å². The fraction of sp³-hybridized carbons (Fsp3) is 0.400. The van der Waals surface area contributed by atoms with Crippen molar-refractivity contribution in [1.82, 2.24) is 4.98 Å². The molecule has 1 aromatic heterocycles. The Morgan fingerprint density at radius 3 is 2.36 bits per heavy atom. The van der Waals surface area contributed by atoms with Gasteiger partial charge in [0.2, 0.25) is 0 Å². The van der Waals surface area contributed by atoms with Gasteiger partial charge in [-0.25, -0.2) is 9.37 Å². The first kappa shape index (κ1) is 26.2. The number of nitrogens with zero attached hydrogens (tertiary/aromatic N) is 2. The number of ketones is 1. The van der Waals surface area contributed by atoms with Crippen molar-refractivity contribution < 1.29 is 28.9 Å². The summed E-state index contributed by atoms with van der Waals surface area (Å²) in [5, 5.41) is 19.1. The maximum Gasteiger partial charge on any atom is 0.310 e. The van der Waals surface area contributed by atoms with Crippen LogP contribution in [0.25, 0.3) is 17.2 Å². The molecule has 1 atom stereocenters. The number of aliphatic hydroxyl groups excluding tert-OH is 1. The maximum atomic E-state index is 13.7. The standard InChI is InChI=1S/C25H31FN2O5/c1-15(2)24-21(14-33-5)23(16-6-8-17(26)9-7-16)20(25(27-24)28(3)4)11-10-18(29)12-19(30)13-22(31)32/h6-11,15,18,29H,12-14H2,1-5H3,(H,31,32). The van der Waals surface area contributed by atoms with Gasteiger partial charge in [-0.15, -0.1) is 0 Å². The quantitative estimate of drug-likeness (QED) is 0.490. The van der Waals surface area contributed by atoms with Crippen molar-refractivity contribution in [3.8, 4) is 11.1 Å². The Hall–Kier alpha value is -3.10. The molecule has 178 valence electrons. The lowest BCUT2D eigenvalue weighted by Gasteiger charge is -2.25. The molecule has 1 heterocycles. The van der Waals surface area contributed by atoms with Gasteiger partial charge in [-0.1, -0.05) is 38.1 Å². The molecule has 1 aromatic carbocycles. The number of rotatable bonds is 11. The molecule has 2 aromatic rings. The molecule has 1 unspecified atom stereocenters. The first-order chi connectivity index (χ1) is 15.5. The number of hydrogen-bond acceptors (Lipinski definition) is 6. The van der Waals surface area contributed by atoms with E-state index < -0.39 is 24.3 Å². The van der Waals surface area contributed by atoms with Gasteiger partial charge in [-0.2, -0.15) is 0 Å². The lowest BCUT2D eigenvalue weighted by molar-refractivity contribution is -0.140. The first-order valence-corrected chi connectivity index (χ1v) is 10.6. The van der Waals surface area contributed by atoms with E-state index in [1.54, 1.807) is 25.3 Å². The van der Waals surface area contributed by atoms with E-state index in [-0.39, 0.29) is 24.8 Å². The van der Waals surface area contributed by atoms with Crippen LogP contribution >= 0.6 is 0 Å². The maximum absolute atomic E-state index is 13.7. The van der Waals surface area contributed by atoms with Crippen molar-refractivity contribution >= 4 is 23.6 Å². The number of carbonyl (C=O) groups is 2. The Labute approximate surface area is 193 Å². The van der Waals surface area contributed by atoms with E-state index in [4.69, 9.17) is 14.8 Å². The number of hydrogen-bond donors (Lipinski definition) is 2. The van der Waals surface area contributed by atoms with Crippen LogP contribution in [0.2, 0.25) is 0 Å². The molecule has 0 aliphatic rings. The van der Waals surface area contributed by atoms with Crippen molar-refractivity contribution in [1.29, 1.82) is 0 Å². The van der Waals surface area contributed by atoms with Gasteiger partial charge in [0.25, 0.3) is 0 Å². The number of aliphatic hydroxyl groups is 1. The molecule has 8 heteroatoms. The number of carbonyl (C=O) groups excluding carboxylic acids is 1. The lowest BCUT2D eigenvalue weighted by Crippen LogP contribution is -2.17. The number of anilines is 1. The highest BCUT2D eigenvalue weighted by Gasteiger charge is 2.23. The number of pyridine rings is 1. The molecule has 33 heavy (non-hydrogen) atoms. The summed E-state index contributed by atoms with van der Waals surface area (Å²) in [6, 6.07) is 6.11. The Bertz CT molecular complexity index is 1020. The highest BCUT2D eigenvalue weighted by atomic mass is 19.1. The SMILES string of the molecule is COCc1c(C(C)C)nc(N(C)C)c(C=CC(O)CC(=O)CC(=O)O)c1-c1ccc(F)cc1. The normalized spacial score (nSPS) is 12.4. The summed E-state index contributed by atoms with van der Waals surface area (Å²) in [4.78, 5) is 29.2. The van der Waals surface area contributed by atoms with E-state index in [1.807, 2.05) is 32.8 Å². The zero-order valence-corrected chi connectivity index (χ0v) is 19.6. The molecular weight excluding hydrogens is 427 g/mol. The van der Waals surface area contributed by atoms with E-state index in [0.717, 1.165) is 22.4 Å². The fourth-order valence-electron chi connectivity index (χ4n) is 3.61. The van der Waals surface area contributed by atoms with Crippen LogP contribution in [0.3, 0.4) is 0 Å². The Balaban J connectivity index is 2.70. The molecule has 0 radical (unpaired) electrons. The van der Waals surface area contributed by atoms with E-state index in [2.05, 4.69) is 0 Å². The van der Waals surface area contributed by atoms with Crippen LogP contribution in [0.4, 0.5) is 10.2 Å². The van der Waals surface area contributed by atoms with Crippen LogP contribution < -0.4 is 4.90 Å². The molecule has 0 fully saturated rings. The smallest absolute Gasteiger partial charge is 0.310 e. The molecule has 0 saturated carbocycles. The van der Waals surface area contributed by atoms with Gasteiger partial charge in [0.1, 0.15) is 23.8 Å². The minimum atomic E-state index is -1.23. The molecule has 7 nitrogen and oxygen atoms in total. The monoisotopic (exact) mass is 458 g/mol. The molecule has 0 saturated heterocycles. The zero-order valence-electron chi connectivity index (χ0n) is 19.6. The molecule has 0 aliphatic carbocycles. The summed E-state index contributed by atoms with van der Waals surface area (Å²) in [6.07, 6.45) is 1.00.